The maximum Gasteiger partial charge on any atom is 0.415 e. The van der Waals surface area contributed by atoms with Crippen molar-refractivity contribution >= 4 is 22.1 Å². The summed E-state index contributed by atoms with van der Waals surface area (Å²) < 4.78 is 33.5. The minimum atomic E-state index is -3.84. The Morgan fingerprint density at radius 3 is 2.32 bits per heavy atom. The summed E-state index contributed by atoms with van der Waals surface area (Å²) in [5.41, 5.74) is 4.27. The number of ether oxygens (including phenoxy) is 1. The lowest BCUT2D eigenvalue weighted by molar-refractivity contribution is -0.923. The van der Waals surface area contributed by atoms with Crippen molar-refractivity contribution in [3.05, 3.63) is 35.9 Å². The van der Waals surface area contributed by atoms with Gasteiger partial charge >= 0.3 is 12.0 Å². The minimum Gasteiger partial charge on any atom is -0.456 e. The topological polar surface area (TPSA) is 113 Å². The third kappa shape index (κ3) is 4.06. The zero-order valence-electron chi connectivity index (χ0n) is 16.8. The number of benzene rings is 1. The van der Waals surface area contributed by atoms with Crippen molar-refractivity contribution in [2.75, 3.05) is 19.4 Å². The monoisotopic (exact) mass is 413 g/mol. The highest BCUT2D eigenvalue weighted by Crippen LogP contribution is 2.45. The van der Waals surface area contributed by atoms with Crippen LogP contribution in [-0.2, 0) is 30.4 Å². The molecule has 1 aliphatic rings. The molecule has 2 atom stereocenters. The standard InChI is InChI=1S/C19H28N2O6S/c1-18(2,3)21(17(20)23)12-8-11-19(21,14-27-28(4,24)25)16(22)26-13-15-9-6-5-7-10-15/h5-7,9-10H,8,11-14H2,1-4H3,(H-,20,23)/p+1/t19-,21?/m0/s1. The number of quaternary nitrogens is 1. The van der Waals surface area contributed by atoms with Gasteiger partial charge in [-0.15, -0.1) is 0 Å². The average Bonchev–Trinajstić information content (AvgIpc) is 3.00. The second-order valence-corrected chi connectivity index (χ2v) is 9.85. The second-order valence-electron chi connectivity index (χ2n) is 8.21. The first-order valence-corrected chi connectivity index (χ1v) is 10.9. The predicted octanol–water partition coefficient (Wildman–Crippen LogP) is 1.93. The number of carbonyl (C=O) groups is 2. The van der Waals surface area contributed by atoms with Crippen molar-refractivity contribution < 1.29 is 31.4 Å². The fraction of sp³-hybridized carbons (Fsp3) is 0.579. The molecule has 0 saturated carbocycles. The molecular formula is C19H29N2O6S+. The maximum absolute atomic E-state index is 13.3. The molecule has 0 bridgehead atoms. The van der Waals surface area contributed by atoms with Crippen LogP contribution in [0.4, 0.5) is 4.79 Å². The Kier molecular flexibility index (Phi) is 6.22. The first kappa shape index (κ1) is 22.3. The molecule has 1 aliphatic heterocycles. The van der Waals surface area contributed by atoms with Gasteiger partial charge in [-0.25, -0.2) is 14.1 Å². The van der Waals surface area contributed by atoms with Crippen LogP contribution in [0.15, 0.2) is 30.3 Å². The van der Waals surface area contributed by atoms with Crippen LogP contribution in [-0.4, -0.2) is 55.4 Å². The summed E-state index contributed by atoms with van der Waals surface area (Å²) in [4.78, 5) is 26.0. The number of hydrogen-bond donors (Lipinski definition) is 1. The lowest BCUT2D eigenvalue weighted by Crippen LogP contribution is -2.77. The van der Waals surface area contributed by atoms with Crippen LogP contribution in [0.3, 0.4) is 0 Å². The lowest BCUT2D eigenvalue weighted by Gasteiger charge is -2.50. The van der Waals surface area contributed by atoms with Gasteiger partial charge in [-0.3, -0.25) is 4.18 Å². The molecule has 1 heterocycles. The number of likely N-dealkylation sites (tertiary alicyclic amines) is 1. The SMILES string of the molecule is CC(C)(C)[N+]1(C(N)=O)CCC[C@]1(COS(C)(=O)=O)C(=O)OCc1ccccc1. The first-order chi connectivity index (χ1) is 12.9. The number of primary amides is 1. The van der Waals surface area contributed by atoms with Crippen LogP contribution in [0.25, 0.3) is 0 Å². The van der Waals surface area contributed by atoms with Crippen molar-refractivity contribution in [1.29, 1.82) is 0 Å². The van der Waals surface area contributed by atoms with E-state index in [1.54, 1.807) is 20.8 Å². The van der Waals surface area contributed by atoms with Crippen LogP contribution in [0.5, 0.6) is 0 Å². The molecule has 9 heteroatoms. The highest BCUT2D eigenvalue weighted by Gasteiger charge is 2.69. The van der Waals surface area contributed by atoms with E-state index in [1.165, 1.54) is 0 Å². The number of amides is 2. The molecule has 1 aromatic rings. The summed E-state index contributed by atoms with van der Waals surface area (Å²) in [5, 5.41) is 0. The Balaban J connectivity index is 2.47. The molecule has 0 spiro atoms. The summed E-state index contributed by atoms with van der Waals surface area (Å²) in [6.07, 6.45) is 1.64. The molecule has 156 valence electrons. The van der Waals surface area contributed by atoms with Gasteiger partial charge in [0.1, 0.15) is 18.8 Å². The molecule has 28 heavy (non-hydrogen) atoms. The molecule has 1 fully saturated rings. The third-order valence-corrected chi connectivity index (χ3v) is 5.99. The van der Waals surface area contributed by atoms with E-state index in [2.05, 4.69) is 0 Å². The van der Waals surface area contributed by atoms with Crippen molar-refractivity contribution in [3.8, 4) is 0 Å². The fourth-order valence-electron chi connectivity index (χ4n) is 4.20. The van der Waals surface area contributed by atoms with Gasteiger partial charge in [0.05, 0.1) is 12.8 Å². The van der Waals surface area contributed by atoms with Crippen molar-refractivity contribution in [1.82, 2.24) is 0 Å². The van der Waals surface area contributed by atoms with Crippen LogP contribution >= 0.6 is 0 Å². The van der Waals surface area contributed by atoms with E-state index >= 15 is 0 Å². The second kappa shape index (κ2) is 7.81. The van der Waals surface area contributed by atoms with Crippen LogP contribution in [0, 0.1) is 0 Å². The predicted molar refractivity (Wildman–Crippen MR) is 103 cm³/mol. The first-order valence-electron chi connectivity index (χ1n) is 9.10. The third-order valence-electron chi connectivity index (χ3n) is 5.44. The number of carbonyl (C=O) groups excluding carboxylic acids is 2. The smallest absolute Gasteiger partial charge is 0.415 e. The summed E-state index contributed by atoms with van der Waals surface area (Å²) >= 11 is 0. The van der Waals surface area contributed by atoms with E-state index < -0.39 is 44.3 Å². The lowest BCUT2D eigenvalue weighted by atomic mass is 9.88. The quantitative estimate of drug-likeness (QED) is 0.433. The van der Waals surface area contributed by atoms with Crippen molar-refractivity contribution in [2.45, 2.75) is 51.3 Å². The van der Waals surface area contributed by atoms with Gasteiger partial charge in [0.25, 0.3) is 10.1 Å². The fourth-order valence-corrected chi connectivity index (χ4v) is 4.61. The molecule has 2 rings (SSSR count). The highest BCUT2D eigenvalue weighted by molar-refractivity contribution is 7.85. The summed E-state index contributed by atoms with van der Waals surface area (Å²) in [6.45, 7) is 5.18. The van der Waals surface area contributed by atoms with Gasteiger partial charge in [-0.05, 0) is 26.3 Å². The Hall–Kier alpha value is -1.97. The zero-order valence-corrected chi connectivity index (χ0v) is 17.6. The van der Waals surface area contributed by atoms with Gasteiger partial charge in [0.15, 0.2) is 0 Å². The van der Waals surface area contributed by atoms with Crippen molar-refractivity contribution in [3.63, 3.8) is 0 Å². The van der Waals surface area contributed by atoms with Crippen molar-refractivity contribution in [2.24, 2.45) is 5.73 Å². The molecule has 2 N–H and O–H groups in total. The van der Waals surface area contributed by atoms with E-state index in [0.29, 0.717) is 13.0 Å². The Morgan fingerprint density at radius 2 is 1.82 bits per heavy atom. The van der Waals surface area contributed by atoms with Gasteiger partial charge < -0.3 is 10.5 Å². The van der Waals surface area contributed by atoms with Crippen LogP contribution in [0.1, 0.15) is 39.2 Å². The summed E-state index contributed by atoms with van der Waals surface area (Å²) in [7, 11) is -3.84. The normalized spacial score (nSPS) is 25.4. The van der Waals surface area contributed by atoms with Crippen LogP contribution in [0.2, 0.25) is 0 Å². The molecule has 2 amide bonds. The van der Waals surface area contributed by atoms with E-state index in [-0.39, 0.29) is 13.0 Å². The molecule has 0 radical (unpaired) electrons. The molecule has 0 aromatic heterocycles. The van der Waals surface area contributed by atoms with E-state index in [0.717, 1.165) is 11.8 Å². The Bertz CT molecular complexity index is 834. The summed E-state index contributed by atoms with van der Waals surface area (Å²) in [6, 6.07) is 8.39. The van der Waals surface area contributed by atoms with E-state index in [1.807, 2.05) is 30.3 Å². The number of urea groups is 1. The number of nitrogens with zero attached hydrogens (tertiary/aromatic N) is 1. The van der Waals surface area contributed by atoms with Gasteiger partial charge in [-0.1, -0.05) is 30.3 Å². The number of nitrogens with two attached hydrogens (primary N) is 1. The van der Waals surface area contributed by atoms with Crippen LogP contribution < -0.4 is 5.73 Å². The molecule has 0 aliphatic carbocycles. The maximum atomic E-state index is 13.3. The van der Waals surface area contributed by atoms with E-state index in [9.17, 15) is 18.0 Å². The Labute approximate surface area is 166 Å². The molecular weight excluding hydrogens is 384 g/mol. The molecule has 1 saturated heterocycles. The van der Waals surface area contributed by atoms with Gasteiger partial charge in [0.2, 0.25) is 5.54 Å². The zero-order chi connectivity index (χ0) is 21.2. The largest absolute Gasteiger partial charge is 0.456 e. The highest BCUT2D eigenvalue weighted by atomic mass is 32.2. The minimum absolute atomic E-state index is 0.00318. The molecule has 1 aromatic carbocycles. The Morgan fingerprint density at radius 1 is 1.21 bits per heavy atom. The molecule has 8 nitrogen and oxygen atoms in total. The summed E-state index contributed by atoms with van der Waals surface area (Å²) in [5.74, 6) is -0.689. The number of rotatable bonds is 6. The van der Waals surface area contributed by atoms with Gasteiger partial charge in [0, 0.05) is 12.8 Å². The number of hydrogen-bond acceptors (Lipinski definition) is 6. The van der Waals surface area contributed by atoms with Gasteiger partial charge in [-0.2, -0.15) is 8.42 Å². The number of esters is 1. The van der Waals surface area contributed by atoms with E-state index in [4.69, 9.17) is 14.7 Å². The average molecular weight is 414 g/mol. The molecule has 1 unspecified atom stereocenters.